The van der Waals surface area contributed by atoms with Gasteiger partial charge in [0.15, 0.2) is 0 Å². The Morgan fingerprint density at radius 1 is 1.28 bits per heavy atom. The maximum atomic E-state index is 13.1. The summed E-state index contributed by atoms with van der Waals surface area (Å²) in [6, 6.07) is 7.72. The Hall–Kier alpha value is -2.45. The third-order valence-corrected chi connectivity index (χ3v) is 5.61. The summed E-state index contributed by atoms with van der Waals surface area (Å²) in [5.74, 6) is -0.932. The van der Waals surface area contributed by atoms with E-state index in [9.17, 15) is 13.2 Å². The Balaban J connectivity index is 2.15. The zero-order valence-corrected chi connectivity index (χ0v) is 14.5. The number of rotatable bonds is 6. The molecule has 0 fully saturated rings. The van der Waals surface area contributed by atoms with Gasteiger partial charge in [-0.1, -0.05) is 11.6 Å². The standard InChI is InChI=1S/C16H14ClN3O4S/c17-15-7-6-14-13(19-15)9-11(3-1-5-16(21)22)20(14)25(23,24)12-4-2-8-18-10-12/h2,4,6-10H,1,3,5H2,(H,21,22). The summed E-state index contributed by atoms with van der Waals surface area (Å²) in [5, 5.41) is 9.06. The van der Waals surface area contributed by atoms with Crippen molar-refractivity contribution in [3.8, 4) is 0 Å². The van der Waals surface area contributed by atoms with Crippen LogP contribution in [0.5, 0.6) is 0 Å². The van der Waals surface area contributed by atoms with Crippen molar-refractivity contribution in [2.75, 3.05) is 0 Å². The molecule has 0 unspecified atom stereocenters. The molecule has 0 aliphatic carbocycles. The Morgan fingerprint density at radius 2 is 2.08 bits per heavy atom. The summed E-state index contributed by atoms with van der Waals surface area (Å²) in [6.45, 7) is 0. The second kappa shape index (κ2) is 6.81. The molecule has 3 rings (SSSR count). The lowest BCUT2D eigenvalue weighted by Gasteiger charge is -2.11. The molecule has 0 aliphatic heterocycles. The highest BCUT2D eigenvalue weighted by Gasteiger charge is 2.23. The van der Waals surface area contributed by atoms with Crippen molar-refractivity contribution >= 4 is 38.6 Å². The first-order chi connectivity index (χ1) is 11.9. The van der Waals surface area contributed by atoms with Gasteiger partial charge in [-0.05, 0) is 43.2 Å². The van der Waals surface area contributed by atoms with E-state index in [1.807, 2.05) is 0 Å². The maximum absolute atomic E-state index is 13.1. The first-order valence-electron chi connectivity index (χ1n) is 7.44. The summed E-state index contributed by atoms with van der Waals surface area (Å²) < 4.78 is 27.3. The number of aliphatic carboxylic acids is 1. The third-order valence-electron chi connectivity index (χ3n) is 3.65. The van der Waals surface area contributed by atoms with Crippen LogP contribution in [0.15, 0.2) is 47.6 Å². The number of hydrogen-bond acceptors (Lipinski definition) is 5. The van der Waals surface area contributed by atoms with Gasteiger partial charge in [0.1, 0.15) is 10.0 Å². The molecule has 0 aliphatic rings. The fourth-order valence-corrected chi connectivity index (χ4v) is 4.25. The minimum absolute atomic E-state index is 0.0435. The van der Waals surface area contributed by atoms with Gasteiger partial charge in [0.25, 0.3) is 10.0 Å². The second-order valence-electron chi connectivity index (χ2n) is 5.38. The number of pyridine rings is 2. The summed E-state index contributed by atoms with van der Waals surface area (Å²) >= 11 is 5.90. The van der Waals surface area contributed by atoms with Gasteiger partial charge in [-0.15, -0.1) is 0 Å². The molecule has 3 aromatic rings. The van der Waals surface area contributed by atoms with Crippen LogP contribution in [0, 0.1) is 0 Å². The Morgan fingerprint density at radius 3 is 2.76 bits per heavy atom. The molecule has 0 saturated carbocycles. The monoisotopic (exact) mass is 379 g/mol. The molecular weight excluding hydrogens is 366 g/mol. The quantitative estimate of drug-likeness (QED) is 0.660. The van der Waals surface area contributed by atoms with Gasteiger partial charge in [0.05, 0.1) is 11.0 Å². The molecule has 3 heterocycles. The van der Waals surface area contributed by atoms with Crippen molar-refractivity contribution in [2.24, 2.45) is 0 Å². The van der Waals surface area contributed by atoms with E-state index in [0.717, 1.165) is 0 Å². The van der Waals surface area contributed by atoms with Crippen LogP contribution < -0.4 is 0 Å². The molecule has 130 valence electrons. The first kappa shape index (κ1) is 17.4. The average Bonchev–Trinajstić information content (AvgIpc) is 2.93. The van der Waals surface area contributed by atoms with Crippen LogP contribution in [0.3, 0.4) is 0 Å². The highest BCUT2D eigenvalue weighted by Crippen LogP contribution is 2.26. The molecule has 0 spiro atoms. The molecule has 0 bridgehead atoms. The maximum Gasteiger partial charge on any atom is 0.303 e. The fraction of sp³-hybridized carbons (Fsp3) is 0.188. The number of carbonyl (C=O) groups is 1. The number of aryl methyl sites for hydroxylation is 1. The van der Waals surface area contributed by atoms with Crippen LogP contribution in [-0.4, -0.2) is 33.4 Å². The zero-order valence-electron chi connectivity index (χ0n) is 13.0. The van der Waals surface area contributed by atoms with Crippen molar-refractivity contribution in [1.82, 2.24) is 13.9 Å². The van der Waals surface area contributed by atoms with Gasteiger partial charge in [-0.25, -0.2) is 17.4 Å². The number of hydrogen-bond donors (Lipinski definition) is 1. The van der Waals surface area contributed by atoms with Crippen LogP contribution in [0.1, 0.15) is 18.5 Å². The number of fused-ring (bicyclic) bond motifs is 1. The summed E-state index contributed by atoms with van der Waals surface area (Å²) in [4.78, 5) is 18.8. The second-order valence-corrected chi connectivity index (χ2v) is 7.55. The Kier molecular flexibility index (Phi) is 4.73. The van der Waals surface area contributed by atoms with Crippen molar-refractivity contribution in [2.45, 2.75) is 24.2 Å². The van der Waals surface area contributed by atoms with Gasteiger partial charge >= 0.3 is 5.97 Å². The zero-order chi connectivity index (χ0) is 18.0. The van der Waals surface area contributed by atoms with Gasteiger partial charge in [-0.3, -0.25) is 9.78 Å². The molecule has 0 radical (unpaired) electrons. The van der Waals surface area contributed by atoms with Crippen LogP contribution in [-0.2, 0) is 21.2 Å². The van der Waals surface area contributed by atoms with Crippen molar-refractivity contribution in [1.29, 1.82) is 0 Å². The van der Waals surface area contributed by atoms with Crippen molar-refractivity contribution in [3.63, 3.8) is 0 Å². The molecular formula is C16H14ClN3O4S. The number of aromatic nitrogens is 3. The molecule has 1 N–H and O–H groups in total. The van der Waals surface area contributed by atoms with E-state index in [1.165, 1.54) is 34.6 Å². The van der Waals surface area contributed by atoms with E-state index in [0.29, 0.717) is 23.1 Å². The van der Waals surface area contributed by atoms with Crippen LogP contribution >= 0.6 is 11.6 Å². The molecule has 7 nitrogen and oxygen atoms in total. The average molecular weight is 380 g/mol. The van der Waals surface area contributed by atoms with E-state index in [-0.39, 0.29) is 22.9 Å². The minimum Gasteiger partial charge on any atom is -0.481 e. The van der Waals surface area contributed by atoms with Crippen LogP contribution in [0.4, 0.5) is 0 Å². The fourth-order valence-electron chi connectivity index (χ4n) is 2.58. The molecule has 0 atom stereocenters. The van der Waals surface area contributed by atoms with E-state index in [1.54, 1.807) is 12.1 Å². The Labute approximate surface area is 149 Å². The molecule has 9 heteroatoms. The van der Waals surface area contributed by atoms with Gasteiger partial charge in [0, 0.05) is 24.5 Å². The van der Waals surface area contributed by atoms with E-state index in [4.69, 9.17) is 16.7 Å². The lowest BCUT2D eigenvalue weighted by atomic mass is 10.2. The number of carboxylic acid groups (broad SMARTS) is 1. The van der Waals surface area contributed by atoms with Crippen molar-refractivity contribution in [3.05, 3.63) is 53.6 Å². The van der Waals surface area contributed by atoms with Crippen LogP contribution in [0.25, 0.3) is 11.0 Å². The van der Waals surface area contributed by atoms with Gasteiger partial charge in [-0.2, -0.15) is 0 Å². The molecule has 0 saturated heterocycles. The SMILES string of the molecule is O=C(O)CCCc1cc2nc(Cl)ccc2n1S(=O)(=O)c1cccnc1. The van der Waals surface area contributed by atoms with E-state index in [2.05, 4.69) is 9.97 Å². The number of nitrogens with zero attached hydrogens (tertiary/aromatic N) is 3. The number of halogens is 1. The topological polar surface area (TPSA) is 102 Å². The third kappa shape index (κ3) is 3.49. The predicted octanol–water partition coefficient (Wildman–Crippen LogP) is 2.73. The van der Waals surface area contributed by atoms with Gasteiger partial charge in [0.2, 0.25) is 0 Å². The summed E-state index contributed by atoms with van der Waals surface area (Å²) in [7, 11) is -3.89. The van der Waals surface area contributed by atoms with E-state index < -0.39 is 16.0 Å². The Bertz CT molecular complexity index is 1030. The van der Waals surface area contributed by atoms with Crippen LogP contribution in [0.2, 0.25) is 5.15 Å². The highest BCUT2D eigenvalue weighted by molar-refractivity contribution is 7.90. The molecule has 0 amide bonds. The van der Waals surface area contributed by atoms with Crippen molar-refractivity contribution < 1.29 is 18.3 Å². The minimum atomic E-state index is -3.89. The predicted molar refractivity (Wildman–Crippen MR) is 92.1 cm³/mol. The molecule has 0 aromatic carbocycles. The normalized spacial score (nSPS) is 11.7. The molecule has 25 heavy (non-hydrogen) atoms. The smallest absolute Gasteiger partial charge is 0.303 e. The summed E-state index contributed by atoms with van der Waals surface area (Å²) in [6.07, 6.45) is 3.29. The van der Waals surface area contributed by atoms with Gasteiger partial charge < -0.3 is 5.11 Å². The number of carboxylic acids is 1. The molecule has 3 aromatic heterocycles. The summed E-state index contributed by atoms with van der Waals surface area (Å²) in [5.41, 5.74) is 1.28. The lowest BCUT2D eigenvalue weighted by molar-refractivity contribution is -0.137. The highest BCUT2D eigenvalue weighted by atomic mass is 35.5. The largest absolute Gasteiger partial charge is 0.481 e. The first-order valence-corrected chi connectivity index (χ1v) is 9.25. The van der Waals surface area contributed by atoms with E-state index >= 15 is 0 Å². The lowest BCUT2D eigenvalue weighted by Crippen LogP contribution is -2.16.